The summed E-state index contributed by atoms with van der Waals surface area (Å²) >= 11 is 0. The van der Waals surface area contributed by atoms with Crippen molar-refractivity contribution in [1.29, 1.82) is 0 Å². The van der Waals surface area contributed by atoms with Crippen LogP contribution in [0.4, 0.5) is 5.69 Å². The van der Waals surface area contributed by atoms with Gasteiger partial charge in [-0.2, -0.15) is 0 Å². The highest BCUT2D eigenvalue weighted by atomic mass is 16.2. The lowest BCUT2D eigenvalue weighted by atomic mass is 10.1. The number of rotatable bonds is 3. The number of ketones is 1. The van der Waals surface area contributed by atoms with E-state index >= 15 is 0 Å². The Morgan fingerprint density at radius 2 is 2.17 bits per heavy atom. The zero-order chi connectivity index (χ0) is 13.1. The van der Waals surface area contributed by atoms with Gasteiger partial charge in [-0.15, -0.1) is 0 Å². The minimum absolute atomic E-state index is 0.0236. The van der Waals surface area contributed by atoms with Crippen molar-refractivity contribution in [3.63, 3.8) is 0 Å². The number of piperazine rings is 1. The SMILES string of the molecule is CC(=O)Cc1cccc(N2CC(=O)NCC2=O)c1. The number of nitrogens with one attached hydrogen (secondary N) is 1. The molecule has 1 aromatic carbocycles. The minimum atomic E-state index is -0.174. The molecule has 1 heterocycles. The maximum Gasteiger partial charge on any atom is 0.246 e. The molecule has 0 spiro atoms. The Labute approximate surface area is 105 Å². The Hall–Kier alpha value is -2.17. The molecule has 1 fully saturated rings. The van der Waals surface area contributed by atoms with Gasteiger partial charge in [0, 0.05) is 12.1 Å². The minimum Gasteiger partial charge on any atom is -0.345 e. The van der Waals surface area contributed by atoms with Crippen LogP contribution in [0.2, 0.25) is 0 Å². The molecule has 1 aliphatic rings. The molecule has 5 heteroatoms. The third kappa shape index (κ3) is 2.74. The lowest BCUT2D eigenvalue weighted by molar-refractivity contribution is -0.128. The Kier molecular flexibility index (Phi) is 3.41. The molecule has 0 aromatic heterocycles. The van der Waals surface area contributed by atoms with Crippen LogP contribution in [0.3, 0.4) is 0 Å². The molecule has 1 saturated heterocycles. The maximum atomic E-state index is 11.7. The second-order valence-corrected chi connectivity index (χ2v) is 4.31. The van der Waals surface area contributed by atoms with Gasteiger partial charge in [0.2, 0.25) is 11.8 Å². The fourth-order valence-electron chi connectivity index (χ4n) is 1.91. The molecule has 0 atom stereocenters. The van der Waals surface area contributed by atoms with E-state index < -0.39 is 0 Å². The van der Waals surface area contributed by atoms with Gasteiger partial charge in [-0.05, 0) is 24.6 Å². The van der Waals surface area contributed by atoms with Gasteiger partial charge in [-0.1, -0.05) is 12.1 Å². The molecule has 18 heavy (non-hydrogen) atoms. The molecule has 2 rings (SSSR count). The smallest absolute Gasteiger partial charge is 0.246 e. The first kappa shape index (κ1) is 12.3. The number of hydrogen-bond donors (Lipinski definition) is 1. The third-order valence-electron chi connectivity index (χ3n) is 2.71. The second-order valence-electron chi connectivity index (χ2n) is 4.31. The quantitative estimate of drug-likeness (QED) is 0.833. The molecular weight excluding hydrogens is 232 g/mol. The highest BCUT2D eigenvalue weighted by Crippen LogP contribution is 2.18. The first-order valence-electron chi connectivity index (χ1n) is 5.71. The summed E-state index contributed by atoms with van der Waals surface area (Å²) in [7, 11) is 0. The van der Waals surface area contributed by atoms with Crippen molar-refractivity contribution in [2.45, 2.75) is 13.3 Å². The van der Waals surface area contributed by atoms with E-state index in [1.165, 1.54) is 11.8 Å². The number of Topliss-reactive ketones (excluding diaryl/α,β-unsaturated/α-hetero) is 1. The largest absolute Gasteiger partial charge is 0.345 e. The fourth-order valence-corrected chi connectivity index (χ4v) is 1.91. The van der Waals surface area contributed by atoms with E-state index in [0.29, 0.717) is 12.1 Å². The van der Waals surface area contributed by atoms with Crippen molar-refractivity contribution in [2.75, 3.05) is 18.0 Å². The summed E-state index contributed by atoms with van der Waals surface area (Å²) in [5, 5.41) is 2.49. The van der Waals surface area contributed by atoms with Gasteiger partial charge in [0.1, 0.15) is 12.3 Å². The van der Waals surface area contributed by atoms with Crippen molar-refractivity contribution < 1.29 is 14.4 Å². The zero-order valence-corrected chi connectivity index (χ0v) is 10.1. The van der Waals surface area contributed by atoms with E-state index in [2.05, 4.69) is 5.32 Å². The fraction of sp³-hybridized carbons (Fsp3) is 0.308. The van der Waals surface area contributed by atoms with Gasteiger partial charge in [-0.25, -0.2) is 0 Å². The van der Waals surface area contributed by atoms with Crippen LogP contribution in [-0.4, -0.2) is 30.7 Å². The van der Waals surface area contributed by atoms with Crippen LogP contribution in [0.15, 0.2) is 24.3 Å². The lowest BCUT2D eigenvalue weighted by Gasteiger charge is -2.26. The lowest BCUT2D eigenvalue weighted by Crippen LogP contribution is -2.51. The predicted molar refractivity (Wildman–Crippen MR) is 66.2 cm³/mol. The van der Waals surface area contributed by atoms with E-state index in [-0.39, 0.29) is 30.7 Å². The van der Waals surface area contributed by atoms with E-state index in [1.54, 1.807) is 18.2 Å². The summed E-state index contributed by atoms with van der Waals surface area (Å²) in [5.41, 5.74) is 1.51. The van der Waals surface area contributed by atoms with E-state index in [1.807, 2.05) is 6.07 Å². The van der Waals surface area contributed by atoms with E-state index in [4.69, 9.17) is 0 Å². The number of nitrogens with zero attached hydrogens (tertiary/aromatic N) is 1. The summed E-state index contributed by atoms with van der Waals surface area (Å²) in [6, 6.07) is 7.16. The molecule has 0 unspecified atom stereocenters. The van der Waals surface area contributed by atoms with Crippen LogP contribution in [0.25, 0.3) is 0 Å². The Morgan fingerprint density at radius 1 is 1.39 bits per heavy atom. The van der Waals surface area contributed by atoms with Crippen molar-refractivity contribution in [3.05, 3.63) is 29.8 Å². The van der Waals surface area contributed by atoms with Crippen molar-refractivity contribution in [3.8, 4) is 0 Å². The highest BCUT2D eigenvalue weighted by molar-refractivity contribution is 6.04. The molecular formula is C13H14N2O3. The topological polar surface area (TPSA) is 66.5 Å². The summed E-state index contributed by atoms with van der Waals surface area (Å²) in [6.07, 6.45) is 0.335. The molecule has 0 saturated carbocycles. The number of carbonyl (C=O) groups excluding carboxylic acids is 3. The summed E-state index contributed by atoms with van der Waals surface area (Å²) in [4.78, 5) is 35.5. The van der Waals surface area contributed by atoms with Gasteiger partial charge in [0.25, 0.3) is 0 Å². The molecule has 1 aliphatic heterocycles. The monoisotopic (exact) mass is 246 g/mol. The van der Waals surface area contributed by atoms with E-state index in [0.717, 1.165) is 5.56 Å². The number of amides is 2. The molecule has 5 nitrogen and oxygen atoms in total. The summed E-state index contributed by atoms with van der Waals surface area (Å²) < 4.78 is 0. The number of hydrogen-bond acceptors (Lipinski definition) is 3. The molecule has 94 valence electrons. The second kappa shape index (κ2) is 5.00. The number of benzene rings is 1. The zero-order valence-electron chi connectivity index (χ0n) is 10.1. The number of anilines is 1. The van der Waals surface area contributed by atoms with Gasteiger partial charge in [0.15, 0.2) is 0 Å². The van der Waals surface area contributed by atoms with Gasteiger partial charge >= 0.3 is 0 Å². The Balaban J connectivity index is 2.24. The van der Waals surface area contributed by atoms with Crippen LogP contribution < -0.4 is 10.2 Å². The molecule has 2 amide bonds. The van der Waals surface area contributed by atoms with Crippen LogP contribution in [0.1, 0.15) is 12.5 Å². The van der Waals surface area contributed by atoms with Crippen LogP contribution in [0, 0.1) is 0 Å². The number of carbonyl (C=O) groups is 3. The predicted octanol–water partition coefficient (Wildman–Crippen LogP) is 0.281. The molecule has 0 radical (unpaired) electrons. The normalized spacial score (nSPS) is 15.5. The molecule has 1 aromatic rings. The van der Waals surface area contributed by atoms with Crippen LogP contribution in [0.5, 0.6) is 0 Å². The summed E-state index contributed by atoms with van der Waals surface area (Å²) in [5.74, 6) is -0.254. The van der Waals surface area contributed by atoms with Gasteiger partial charge in [-0.3, -0.25) is 14.4 Å². The average Bonchev–Trinajstić information content (AvgIpc) is 2.32. The standard InChI is InChI=1S/C13H14N2O3/c1-9(16)5-10-3-2-4-11(6-10)15-8-12(17)14-7-13(15)18/h2-4,6H,5,7-8H2,1H3,(H,14,17). The van der Waals surface area contributed by atoms with Gasteiger partial charge < -0.3 is 10.2 Å². The first-order valence-corrected chi connectivity index (χ1v) is 5.71. The van der Waals surface area contributed by atoms with E-state index in [9.17, 15) is 14.4 Å². The first-order chi connectivity index (χ1) is 8.56. The third-order valence-corrected chi connectivity index (χ3v) is 2.71. The average molecular weight is 246 g/mol. The van der Waals surface area contributed by atoms with Crippen molar-refractivity contribution >= 4 is 23.3 Å². The van der Waals surface area contributed by atoms with Gasteiger partial charge in [0.05, 0.1) is 6.54 Å². The van der Waals surface area contributed by atoms with Crippen molar-refractivity contribution in [1.82, 2.24) is 5.32 Å². The van der Waals surface area contributed by atoms with Crippen LogP contribution >= 0.6 is 0 Å². The maximum absolute atomic E-state index is 11.7. The Bertz CT molecular complexity index is 511. The highest BCUT2D eigenvalue weighted by Gasteiger charge is 2.24. The summed E-state index contributed by atoms with van der Waals surface area (Å²) in [6.45, 7) is 1.57. The molecule has 0 bridgehead atoms. The molecule has 1 N–H and O–H groups in total. The molecule has 0 aliphatic carbocycles. The Morgan fingerprint density at radius 3 is 2.89 bits per heavy atom. The van der Waals surface area contributed by atoms with Crippen molar-refractivity contribution in [2.24, 2.45) is 0 Å². The van der Waals surface area contributed by atoms with Crippen LogP contribution in [-0.2, 0) is 20.8 Å².